The fourth-order valence-corrected chi connectivity index (χ4v) is 0. The van der Waals surface area contributed by atoms with Crippen LogP contribution in [0, 0.1) is 0 Å². The standard InChI is InChI=1S/CH3FIN/c1-4-3-2/h1H3. The van der Waals surface area contributed by atoms with Crippen molar-refractivity contribution in [2.24, 2.45) is 3.15 Å². The minimum Gasteiger partial charge on any atom is -0.237 e. The predicted octanol–water partition coefficient (Wildman–Crippen LogP) is 1.66. The SMILES string of the molecule is CN=IF. The third-order valence-corrected chi connectivity index (χ3v) is 0.429. The van der Waals surface area contributed by atoms with Crippen LogP contribution in [0.4, 0.5) is 2.86 Å². The van der Waals surface area contributed by atoms with Crippen molar-refractivity contribution in [1.29, 1.82) is 0 Å². The molecule has 0 aliphatic heterocycles. The Kier molecular flexibility index (Phi) is 3.86. The quantitative estimate of drug-likeness (QED) is 0.496. The van der Waals surface area contributed by atoms with Crippen molar-refractivity contribution in [3.63, 3.8) is 0 Å². The first kappa shape index (κ1) is 4.46. The van der Waals surface area contributed by atoms with E-state index in [2.05, 4.69) is 3.15 Å². The first-order valence-electron chi connectivity index (χ1n) is 0.759. The van der Waals surface area contributed by atoms with Crippen LogP contribution in [0.5, 0.6) is 0 Å². The molecule has 1 nitrogen and oxygen atoms in total. The highest BCUT2D eigenvalue weighted by atomic mass is 127. The third kappa shape index (κ3) is 2.46. The molecule has 0 amide bonds. The van der Waals surface area contributed by atoms with Gasteiger partial charge in [-0.25, -0.2) is 3.15 Å². The van der Waals surface area contributed by atoms with Crippen molar-refractivity contribution in [3.8, 4) is 0 Å². The van der Waals surface area contributed by atoms with Gasteiger partial charge in [-0.05, 0) is 0 Å². The van der Waals surface area contributed by atoms with Crippen molar-refractivity contribution in [1.82, 2.24) is 0 Å². The van der Waals surface area contributed by atoms with E-state index in [9.17, 15) is 2.86 Å². The number of rotatable bonds is 0. The Morgan fingerprint density at radius 2 is 2.25 bits per heavy atom. The van der Waals surface area contributed by atoms with Crippen LogP contribution < -0.4 is 0 Å². The number of halogens is 2. The van der Waals surface area contributed by atoms with E-state index in [4.69, 9.17) is 0 Å². The summed E-state index contributed by atoms with van der Waals surface area (Å²) in [6, 6.07) is 0. The summed E-state index contributed by atoms with van der Waals surface area (Å²) in [6.45, 7) is 0. The van der Waals surface area contributed by atoms with E-state index < -0.39 is 21.6 Å². The zero-order valence-corrected chi connectivity index (χ0v) is 4.36. The molecule has 0 aromatic heterocycles. The Morgan fingerprint density at radius 3 is 2.25 bits per heavy atom. The Bertz CT molecular complexity index is 23.2. The second-order valence-corrected chi connectivity index (χ2v) is 1.56. The summed E-state index contributed by atoms with van der Waals surface area (Å²) in [5.41, 5.74) is 0. The van der Waals surface area contributed by atoms with Gasteiger partial charge >= 0.3 is 0 Å². The maximum absolute atomic E-state index is 10.7. The van der Waals surface area contributed by atoms with Crippen LogP contribution in [0.2, 0.25) is 0 Å². The molecule has 0 heterocycles. The molecule has 4 heavy (non-hydrogen) atoms. The van der Waals surface area contributed by atoms with E-state index in [-0.39, 0.29) is 0 Å². The van der Waals surface area contributed by atoms with E-state index in [1.807, 2.05) is 0 Å². The Labute approximate surface area is 35.1 Å². The van der Waals surface area contributed by atoms with Crippen molar-refractivity contribution in [3.05, 3.63) is 0 Å². The second kappa shape index (κ2) is 3.46. The van der Waals surface area contributed by atoms with E-state index in [0.717, 1.165) is 0 Å². The summed E-state index contributed by atoms with van der Waals surface area (Å²) >= 11 is -1.26. The van der Waals surface area contributed by atoms with E-state index in [1.54, 1.807) is 0 Å². The van der Waals surface area contributed by atoms with E-state index in [0.29, 0.717) is 0 Å². The highest BCUT2D eigenvalue weighted by Gasteiger charge is 1.41. The van der Waals surface area contributed by atoms with Gasteiger partial charge < -0.3 is 0 Å². The van der Waals surface area contributed by atoms with E-state index >= 15 is 0 Å². The first-order valence-corrected chi connectivity index (χ1v) is 2.54. The predicted molar refractivity (Wildman–Crippen MR) is 23.5 cm³/mol. The van der Waals surface area contributed by atoms with Crippen LogP contribution in [0.15, 0.2) is 3.15 Å². The molecule has 0 aliphatic rings. The lowest BCUT2D eigenvalue weighted by Gasteiger charge is -1.46. The van der Waals surface area contributed by atoms with Crippen LogP contribution in [0.1, 0.15) is 0 Å². The van der Waals surface area contributed by atoms with Crippen molar-refractivity contribution >= 4 is 21.6 Å². The molecule has 0 spiro atoms. The zero-order valence-electron chi connectivity index (χ0n) is 2.20. The molecule has 0 aliphatic carbocycles. The van der Waals surface area contributed by atoms with E-state index in [1.165, 1.54) is 7.05 Å². The molecule has 26 valence electrons. The fourth-order valence-electron chi connectivity index (χ4n) is 0. The number of hydrogen-bond acceptors (Lipinski definition) is 1. The lowest BCUT2D eigenvalue weighted by molar-refractivity contribution is 1.03. The minimum atomic E-state index is -1.26. The maximum Gasteiger partial charge on any atom is 0.214 e. The van der Waals surface area contributed by atoms with Gasteiger partial charge in [-0.3, -0.25) is 0 Å². The molecule has 0 radical (unpaired) electrons. The summed E-state index contributed by atoms with van der Waals surface area (Å²) in [6.07, 6.45) is 0. The van der Waals surface area contributed by atoms with Crippen molar-refractivity contribution < 1.29 is 2.86 Å². The summed E-state index contributed by atoms with van der Waals surface area (Å²) in [5.74, 6) is 0. The number of nitrogens with zero attached hydrogens (tertiary/aromatic N) is 1. The van der Waals surface area contributed by atoms with Gasteiger partial charge in [-0.1, -0.05) is 0 Å². The van der Waals surface area contributed by atoms with Gasteiger partial charge in [0.25, 0.3) is 0 Å². The normalized spacial score (nSPS) is 11.5. The molecule has 0 fully saturated rings. The molecule has 0 saturated heterocycles. The number of hydrogen-bond donors (Lipinski definition) is 0. The second-order valence-electron chi connectivity index (χ2n) is 0.233. The molecule has 0 bridgehead atoms. The average Bonchev–Trinajstić information content (AvgIpc) is 1.37. The molecule has 0 aromatic rings. The Morgan fingerprint density at radius 1 is 2.00 bits per heavy atom. The van der Waals surface area contributed by atoms with Crippen LogP contribution in [-0.2, 0) is 0 Å². The largest absolute Gasteiger partial charge is 0.237 e. The molecule has 3 heteroatoms. The molecule has 0 unspecified atom stereocenters. The molecule has 0 N–H and O–H groups in total. The van der Waals surface area contributed by atoms with Crippen LogP contribution >= 0.6 is 21.6 Å². The van der Waals surface area contributed by atoms with Crippen LogP contribution in [0.3, 0.4) is 0 Å². The minimum absolute atomic E-state index is 1.26. The van der Waals surface area contributed by atoms with Gasteiger partial charge in [0.05, 0.1) is 0 Å². The summed E-state index contributed by atoms with van der Waals surface area (Å²) in [4.78, 5) is 0. The van der Waals surface area contributed by atoms with Crippen molar-refractivity contribution in [2.45, 2.75) is 0 Å². The average molecular weight is 175 g/mol. The highest BCUT2D eigenvalue weighted by Crippen LogP contribution is 1.94. The third-order valence-electron chi connectivity index (χ3n) is 0.0639. The Balaban J connectivity index is 2.55. The van der Waals surface area contributed by atoms with Crippen LogP contribution in [-0.4, -0.2) is 7.05 Å². The molecule has 0 saturated carbocycles. The lowest BCUT2D eigenvalue weighted by Crippen LogP contribution is -1.18. The van der Waals surface area contributed by atoms with Gasteiger partial charge in [0.2, 0.25) is 21.6 Å². The zero-order chi connectivity index (χ0) is 3.41. The molecular formula is CH3FIN. The lowest BCUT2D eigenvalue weighted by atomic mass is 11.6. The molecular weight excluding hydrogens is 172 g/mol. The van der Waals surface area contributed by atoms with Crippen LogP contribution in [0.25, 0.3) is 0 Å². The monoisotopic (exact) mass is 175 g/mol. The molecule has 0 aromatic carbocycles. The van der Waals surface area contributed by atoms with Gasteiger partial charge in [0.1, 0.15) is 0 Å². The molecule has 0 atom stereocenters. The first-order chi connectivity index (χ1) is 1.91. The summed E-state index contributed by atoms with van der Waals surface area (Å²) < 4.78 is 13.8. The van der Waals surface area contributed by atoms with Gasteiger partial charge in [-0.2, -0.15) is 2.86 Å². The maximum atomic E-state index is 10.7. The summed E-state index contributed by atoms with van der Waals surface area (Å²) in [5, 5.41) is 0. The smallest absolute Gasteiger partial charge is 0.214 e. The highest BCUT2D eigenvalue weighted by molar-refractivity contribution is 14.1. The van der Waals surface area contributed by atoms with Gasteiger partial charge in [0.15, 0.2) is 0 Å². The Hall–Kier alpha value is 0.460. The topological polar surface area (TPSA) is 12.4 Å². The summed E-state index contributed by atoms with van der Waals surface area (Å²) in [7, 11) is 1.48. The molecule has 0 rings (SSSR count). The van der Waals surface area contributed by atoms with Crippen molar-refractivity contribution in [2.75, 3.05) is 7.05 Å². The van der Waals surface area contributed by atoms with Gasteiger partial charge in [0, 0.05) is 7.05 Å². The fraction of sp³-hybridized carbons (Fsp3) is 1.00. The van der Waals surface area contributed by atoms with Gasteiger partial charge in [-0.15, -0.1) is 0 Å².